The van der Waals surface area contributed by atoms with Crippen LogP contribution in [0.4, 0.5) is 0 Å². The summed E-state index contributed by atoms with van der Waals surface area (Å²) < 4.78 is 0. The van der Waals surface area contributed by atoms with E-state index in [1.165, 1.54) is 49.7 Å². The fraction of sp³-hybridized carbons (Fsp3) is 0.529. The van der Waals surface area contributed by atoms with Crippen molar-refractivity contribution >= 4 is 0 Å². The second-order valence-corrected chi connectivity index (χ2v) is 5.82. The van der Waals surface area contributed by atoms with Crippen LogP contribution in [0.1, 0.15) is 50.0 Å². The maximum Gasteiger partial charge on any atom is 0.0288 e. The molecule has 3 unspecified atom stereocenters. The summed E-state index contributed by atoms with van der Waals surface area (Å²) in [6, 6.07) is 11.2. The van der Waals surface area contributed by atoms with Crippen molar-refractivity contribution in [3.63, 3.8) is 0 Å². The molecule has 96 valence electrons. The van der Waals surface area contributed by atoms with Crippen LogP contribution >= 0.6 is 0 Å². The molecule has 1 aromatic carbocycles. The fourth-order valence-corrected chi connectivity index (χ4v) is 3.31. The predicted octanol–water partition coefficient (Wildman–Crippen LogP) is 4.01. The lowest BCUT2D eigenvalue weighted by Crippen LogP contribution is -2.25. The Morgan fingerprint density at radius 3 is 2.72 bits per heavy atom. The van der Waals surface area contributed by atoms with Gasteiger partial charge in [0.2, 0.25) is 0 Å². The van der Waals surface area contributed by atoms with Crippen LogP contribution in [-0.2, 0) is 0 Å². The molecule has 0 saturated heterocycles. The van der Waals surface area contributed by atoms with E-state index < -0.39 is 0 Å². The van der Waals surface area contributed by atoms with Crippen molar-refractivity contribution in [3.8, 4) is 0 Å². The van der Waals surface area contributed by atoms with Crippen molar-refractivity contribution in [2.24, 2.45) is 11.7 Å². The van der Waals surface area contributed by atoms with Crippen LogP contribution in [0.3, 0.4) is 0 Å². The summed E-state index contributed by atoms with van der Waals surface area (Å²) in [6.07, 6.45) is 10.2. The van der Waals surface area contributed by atoms with Crippen LogP contribution in [-0.4, -0.2) is 6.04 Å². The van der Waals surface area contributed by atoms with Crippen LogP contribution in [0.25, 0.3) is 0 Å². The summed E-state index contributed by atoms with van der Waals surface area (Å²) in [5, 5.41) is 0. The normalized spacial score (nSPS) is 29.3. The molecule has 3 rings (SSSR count). The van der Waals surface area contributed by atoms with Crippen molar-refractivity contribution < 1.29 is 0 Å². The molecule has 0 aliphatic heterocycles. The fourth-order valence-electron chi connectivity index (χ4n) is 3.31. The summed E-state index contributed by atoms with van der Waals surface area (Å²) in [5.74, 6) is 1.40. The van der Waals surface area contributed by atoms with Crippen LogP contribution in [0, 0.1) is 5.92 Å². The number of benzene rings is 1. The molecule has 0 amide bonds. The zero-order chi connectivity index (χ0) is 12.4. The quantitative estimate of drug-likeness (QED) is 0.795. The van der Waals surface area contributed by atoms with Gasteiger partial charge in [0.1, 0.15) is 0 Å². The van der Waals surface area contributed by atoms with E-state index >= 15 is 0 Å². The molecule has 1 saturated carbocycles. The lowest BCUT2D eigenvalue weighted by atomic mass is 9.96. The van der Waals surface area contributed by atoms with Gasteiger partial charge in [0.15, 0.2) is 0 Å². The average Bonchev–Trinajstić information content (AvgIpc) is 3.23. The van der Waals surface area contributed by atoms with Crippen LogP contribution in [0.5, 0.6) is 0 Å². The topological polar surface area (TPSA) is 26.0 Å². The summed E-state index contributed by atoms with van der Waals surface area (Å²) in [4.78, 5) is 0. The molecule has 0 spiro atoms. The predicted molar refractivity (Wildman–Crippen MR) is 76.4 cm³/mol. The molecule has 3 atom stereocenters. The molecule has 2 aliphatic rings. The van der Waals surface area contributed by atoms with Gasteiger partial charge >= 0.3 is 0 Å². The van der Waals surface area contributed by atoms with Gasteiger partial charge in [-0.2, -0.15) is 0 Å². The Morgan fingerprint density at radius 1 is 1.06 bits per heavy atom. The lowest BCUT2D eigenvalue weighted by Gasteiger charge is -2.15. The third-order valence-corrected chi connectivity index (χ3v) is 4.53. The molecule has 2 N–H and O–H groups in total. The van der Waals surface area contributed by atoms with E-state index in [-0.39, 0.29) is 0 Å². The number of allylic oxidation sites excluding steroid dienone is 1. The van der Waals surface area contributed by atoms with Gasteiger partial charge in [0.25, 0.3) is 0 Å². The second kappa shape index (κ2) is 5.27. The average molecular weight is 241 g/mol. The largest absolute Gasteiger partial charge is 0.324 e. The Balaban J connectivity index is 1.65. The zero-order valence-electron chi connectivity index (χ0n) is 11.0. The Bertz CT molecular complexity index is 420. The van der Waals surface area contributed by atoms with E-state index in [0.717, 1.165) is 0 Å². The number of rotatable bonds is 3. The van der Waals surface area contributed by atoms with Crippen molar-refractivity contribution in [2.75, 3.05) is 0 Å². The van der Waals surface area contributed by atoms with E-state index in [9.17, 15) is 0 Å². The van der Waals surface area contributed by atoms with E-state index in [1.54, 1.807) is 0 Å². The highest BCUT2D eigenvalue weighted by Gasteiger charge is 2.43. The second-order valence-electron chi connectivity index (χ2n) is 5.82. The van der Waals surface area contributed by atoms with Crippen LogP contribution in [0.15, 0.2) is 42.0 Å². The Morgan fingerprint density at radius 2 is 1.89 bits per heavy atom. The molecule has 1 fully saturated rings. The highest BCUT2D eigenvalue weighted by Crippen LogP contribution is 2.50. The molecule has 1 aromatic rings. The van der Waals surface area contributed by atoms with Gasteiger partial charge in [-0.3, -0.25) is 0 Å². The van der Waals surface area contributed by atoms with Gasteiger partial charge in [0.05, 0.1) is 0 Å². The standard InChI is InChI=1S/C17H23N/c18-17(14-10-4-1-2-5-11-14)16-12-15(16)13-8-6-3-7-9-13/h3,6-10,15-17H,1-2,4-5,11-12,18H2. The molecule has 2 aliphatic carbocycles. The Labute approximate surface area is 110 Å². The van der Waals surface area contributed by atoms with Crippen molar-refractivity contribution in [2.45, 2.75) is 50.5 Å². The van der Waals surface area contributed by atoms with E-state index in [4.69, 9.17) is 5.73 Å². The molecular formula is C17H23N. The minimum Gasteiger partial charge on any atom is -0.324 e. The first-order chi connectivity index (χ1) is 8.86. The molecule has 0 aromatic heterocycles. The van der Waals surface area contributed by atoms with Crippen LogP contribution in [0.2, 0.25) is 0 Å². The van der Waals surface area contributed by atoms with Gasteiger partial charge < -0.3 is 5.73 Å². The molecule has 1 heteroatoms. The van der Waals surface area contributed by atoms with E-state index in [1.807, 2.05) is 0 Å². The molecular weight excluding hydrogens is 218 g/mol. The summed E-state index contributed by atoms with van der Waals surface area (Å²) in [7, 11) is 0. The third-order valence-electron chi connectivity index (χ3n) is 4.53. The first-order valence-corrected chi connectivity index (χ1v) is 7.36. The molecule has 0 radical (unpaired) electrons. The zero-order valence-corrected chi connectivity index (χ0v) is 11.0. The number of hydrogen-bond acceptors (Lipinski definition) is 1. The molecule has 0 heterocycles. The Kier molecular flexibility index (Phi) is 3.51. The molecule has 18 heavy (non-hydrogen) atoms. The van der Waals surface area contributed by atoms with Gasteiger partial charge in [-0.15, -0.1) is 0 Å². The first-order valence-electron chi connectivity index (χ1n) is 7.36. The summed E-state index contributed by atoms with van der Waals surface area (Å²) in [6.45, 7) is 0. The highest BCUT2D eigenvalue weighted by atomic mass is 14.7. The SMILES string of the molecule is NC(C1=CCCCCC1)C1CC1c1ccccc1. The third kappa shape index (κ3) is 2.51. The van der Waals surface area contributed by atoms with Gasteiger partial charge in [0, 0.05) is 6.04 Å². The lowest BCUT2D eigenvalue weighted by molar-refractivity contribution is 0.615. The van der Waals surface area contributed by atoms with E-state index in [2.05, 4.69) is 36.4 Å². The monoisotopic (exact) mass is 241 g/mol. The minimum absolute atomic E-state index is 0.313. The van der Waals surface area contributed by atoms with Gasteiger partial charge in [-0.25, -0.2) is 0 Å². The van der Waals surface area contributed by atoms with Gasteiger partial charge in [-0.1, -0.05) is 48.4 Å². The molecule has 0 bridgehead atoms. The van der Waals surface area contributed by atoms with Crippen molar-refractivity contribution in [3.05, 3.63) is 47.5 Å². The minimum atomic E-state index is 0.313. The van der Waals surface area contributed by atoms with Crippen molar-refractivity contribution in [1.82, 2.24) is 0 Å². The smallest absolute Gasteiger partial charge is 0.0288 e. The van der Waals surface area contributed by atoms with E-state index in [0.29, 0.717) is 17.9 Å². The molecule has 1 nitrogen and oxygen atoms in total. The highest BCUT2D eigenvalue weighted by molar-refractivity contribution is 5.29. The number of hydrogen-bond donors (Lipinski definition) is 1. The maximum absolute atomic E-state index is 6.48. The van der Waals surface area contributed by atoms with Gasteiger partial charge in [-0.05, 0) is 49.5 Å². The van der Waals surface area contributed by atoms with Crippen molar-refractivity contribution in [1.29, 1.82) is 0 Å². The maximum atomic E-state index is 6.48. The summed E-state index contributed by atoms with van der Waals surface area (Å²) >= 11 is 0. The summed E-state index contributed by atoms with van der Waals surface area (Å²) in [5.41, 5.74) is 9.50. The Hall–Kier alpha value is -1.08. The number of nitrogens with two attached hydrogens (primary N) is 1. The first kappa shape index (κ1) is 12.0. The van der Waals surface area contributed by atoms with Crippen LogP contribution < -0.4 is 5.73 Å².